The Kier molecular flexibility index (Phi) is 14.0. The largest absolute Gasteiger partial charge is 0.508 e. The second-order valence-electron chi connectivity index (χ2n) is 7.38. The summed E-state index contributed by atoms with van der Waals surface area (Å²) in [6.07, 6.45) is 19.1. The van der Waals surface area contributed by atoms with E-state index in [1.54, 1.807) is 30.5 Å². The van der Waals surface area contributed by atoms with Crippen molar-refractivity contribution in [2.45, 2.75) is 96.8 Å². The van der Waals surface area contributed by atoms with Gasteiger partial charge in [-0.05, 0) is 36.2 Å². The molecule has 0 aromatic heterocycles. The SMILES string of the molecule is CCCCCCCCCCCCCCCC(=O)NN=Cc1ccc(O)cc1. The van der Waals surface area contributed by atoms with Gasteiger partial charge in [-0.3, -0.25) is 4.79 Å². The van der Waals surface area contributed by atoms with E-state index in [1.165, 1.54) is 70.6 Å². The normalized spacial score (nSPS) is 11.1. The third kappa shape index (κ3) is 14.0. The van der Waals surface area contributed by atoms with E-state index in [2.05, 4.69) is 17.5 Å². The third-order valence-corrected chi connectivity index (χ3v) is 4.80. The number of phenols is 1. The van der Waals surface area contributed by atoms with E-state index in [0.29, 0.717) is 6.42 Å². The zero-order chi connectivity index (χ0) is 19.6. The van der Waals surface area contributed by atoms with Gasteiger partial charge in [0.1, 0.15) is 5.75 Å². The zero-order valence-electron chi connectivity index (χ0n) is 17.1. The van der Waals surface area contributed by atoms with Crippen LogP contribution in [0.4, 0.5) is 0 Å². The van der Waals surface area contributed by atoms with Crippen LogP contribution in [-0.4, -0.2) is 17.2 Å². The molecule has 27 heavy (non-hydrogen) atoms. The van der Waals surface area contributed by atoms with Gasteiger partial charge >= 0.3 is 0 Å². The molecule has 0 spiro atoms. The summed E-state index contributed by atoms with van der Waals surface area (Å²) in [5, 5.41) is 13.2. The molecule has 0 saturated carbocycles. The van der Waals surface area contributed by atoms with Gasteiger partial charge in [0.05, 0.1) is 6.21 Å². The molecule has 4 nitrogen and oxygen atoms in total. The standard InChI is InChI=1S/C23H38N2O2/c1-2-3-4-5-6-7-8-9-10-11-12-13-14-15-23(27)25-24-20-21-16-18-22(26)19-17-21/h16-20,26H,2-15H2,1H3,(H,25,27). The highest BCUT2D eigenvalue weighted by molar-refractivity contribution is 5.82. The van der Waals surface area contributed by atoms with E-state index < -0.39 is 0 Å². The molecule has 4 heteroatoms. The van der Waals surface area contributed by atoms with Gasteiger partial charge in [-0.2, -0.15) is 5.10 Å². The summed E-state index contributed by atoms with van der Waals surface area (Å²) in [6.45, 7) is 2.26. The van der Waals surface area contributed by atoms with Crippen molar-refractivity contribution in [3.63, 3.8) is 0 Å². The predicted molar refractivity (Wildman–Crippen MR) is 114 cm³/mol. The second kappa shape index (κ2) is 16.3. The average Bonchev–Trinajstić information content (AvgIpc) is 2.67. The second-order valence-corrected chi connectivity index (χ2v) is 7.38. The van der Waals surface area contributed by atoms with Gasteiger partial charge in [-0.25, -0.2) is 5.43 Å². The Morgan fingerprint density at radius 1 is 0.852 bits per heavy atom. The highest BCUT2D eigenvalue weighted by Gasteiger charge is 1.99. The fraction of sp³-hybridized carbons (Fsp3) is 0.652. The minimum absolute atomic E-state index is 0.0342. The van der Waals surface area contributed by atoms with E-state index >= 15 is 0 Å². The molecular weight excluding hydrogens is 336 g/mol. The van der Waals surface area contributed by atoms with Crippen LogP contribution in [0.25, 0.3) is 0 Å². The van der Waals surface area contributed by atoms with Crippen molar-refractivity contribution < 1.29 is 9.90 Å². The van der Waals surface area contributed by atoms with Crippen molar-refractivity contribution in [3.8, 4) is 5.75 Å². The predicted octanol–water partition coefficient (Wildman–Crippen LogP) is 6.32. The van der Waals surface area contributed by atoms with Gasteiger partial charge in [0.2, 0.25) is 5.91 Å². The summed E-state index contributed by atoms with van der Waals surface area (Å²) in [7, 11) is 0. The maximum absolute atomic E-state index is 11.7. The Bertz CT molecular complexity index is 512. The summed E-state index contributed by atoms with van der Waals surface area (Å²) in [4.78, 5) is 11.7. The number of rotatable bonds is 16. The van der Waals surface area contributed by atoms with Crippen molar-refractivity contribution in [1.29, 1.82) is 0 Å². The van der Waals surface area contributed by atoms with Crippen molar-refractivity contribution in [1.82, 2.24) is 5.43 Å². The summed E-state index contributed by atoms with van der Waals surface area (Å²) in [6, 6.07) is 6.68. The van der Waals surface area contributed by atoms with E-state index in [9.17, 15) is 9.90 Å². The molecule has 0 unspecified atom stereocenters. The fourth-order valence-electron chi connectivity index (χ4n) is 3.10. The number of aromatic hydroxyl groups is 1. The number of nitrogens with zero attached hydrogens (tertiary/aromatic N) is 1. The van der Waals surface area contributed by atoms with Gasteiger partial charge in [-0.15, -0.1) is 0 Å². The number of hydrazone groups is 1. The van der Waals surface area contributed by atoms with E-state index in [1.807, 2.05) is 0 Å². The molecule has 0 saturated heterocycles. The molecule has 0 heterocycles. The number of hydrogen-bond donors (Lipinski definition) is 2. The van der Waals surface area contributed by atoms with Crippen LogP contribution >= 0.6 is 0 Å². The number of benzene rings is 1. The fourth-order valence-corrected chi connectivity index (χ4v) is 3.10. The molecule has 0 aliphatic rings. The Labute approximate surface area is 165 Å². The molecule has 0 fully saturated rings. The molecule has 2 N–H and O–H groups in total. The zero-order valence-corrected chi connectivity index (χ0v) is 17.1. The lowest BCUT2D eigenvalue weighted by Crippen LogP contribution is -2.16. The van der Waals surface area contributed by atoms with E-state index in [4.69, 9.17) is 0 Å². The smallest absolute Gasteiger partial charge is 0.240 e. The molecule has 0 radical (unpaired) electrons. The van der Waals surface area contributed by atoms with Crippen LogP contribution in [0.5, 0.6) is 5.75 Å². The Hall–Kier alpha value is -1.84. The third-order valence-electron chi connectivity index (χ3n) is 4.80. The molecule has 0 aliphatic heterocycles. The van der Waals surface area contributed by atoms with Crippen LogP contribution < -0.4 is 5.43 Å². The monoisotopic (exact) mass is 374 g/mol. The highest BCUT2D eigenvalue weighted by atomic mass is 16.3. The molecule has 1 rings (SSSR count). The maximum atomic E-state index is 11.7. The number of phenolic OH excluding ortho intramolecular Hbond substituents is 1. The lowest BCUT2D eigenvalue weighted by Gasteiger charge is -2.03. The molecular formula is C23H38N2O2. The first-order valence-corrected chi connectivity index (χ1v) is 10.8. The van der Waals surface area contributed by atoms with Crippen molar-refractivity contribution in [3.05, 3.63) is 29.8 Å². The number of carbonyl (C=O) groups is 1. The Morgan fingerprint density at radius 3 is 1.85 bits per heavy atom. The molecule has 152 valence electrons. The topological polar surface area (TPSA) is 61.7 Å². The van der Waals surface area contributed by atoms with Crippen LogP contribution in [0.15, 0.2) is 29.4 Å². The lowest BCUT2D eigenvalue weighted by molar-refractivity contribution is -0.121. The van der Waals surface area contributed by atoms with Gasteiger partial charge in [0, 0.05) is 6.42 Å². The first kappa shape index (κ1) is 23.2. The maximum Gasteiger partial charge on any atom is 0.240 e. The van der Waals surface area contributed by atoms with Crippen LogP contribution in [0.3, 0.4) is 0 Å². The molecule has 0 aliphatic carbocycles. The minimum Gasteiger partial charge on any atom is -0.508 e. The molecule has 1 aromatic carbocycles. The number of amides is 1. The first-order chi connectivity index (χ1) is 13.2. The minimum atomic E-state index is -0.0342. The lowest BCUT2D eigenvalue weighted by atomic mass is 10.0. The summed E-state index contributed by atoms with van der Waals surface area (Å²) in [5.74, 6) is 0.187. The van der Waals surface area contributed by atoms with Gasteiger partial charge in [0.15, 0.2) is 0 Å². The van der Waals surface area contributed by atoms with Gasteiger partial charge < -0.3 is 5.11 Å². The Morgan fingerprint density at radius 2 is 1.33 bits per heavy atom. The van der Waals surface area contributed by atoms with Crippen LogP contribution in [0, 0.1) is 0 Å². The van der Waals surface area contributed by atoms with Crippen LogP contribution in [0.1, 0.15) is 102 Å². The number of nitrogens with one attached hydrogen (secondary N) is 1. The molecule has 0 atom stereocenters. The summed E-state index contributed by atoms with van der Waals surface area (Å²) in [5.41, 5.74) is 3.40. The summed E-state index contributed by atoms with van der Waals surface area (Å²) < 4.78 is 0. The average molecular weight is 375 g/mol. The molecule has 0 bridgehead atoms. The van der Waals surface area contributed by atoms with Crippen molar-refractivity contribution in [2.24, 2.45) is 5.10 Å². The first-order valence-electron chi connectivity index (χ1n) is 10.8. The molecule has 1 aromatic rings. The van der Waals surface area contributed by atoms with E-state index in [0.717, 1.165) is 18.4 Å². The van der Waals surface area contributed by atoms with E-state index in [-0.39, 0.29) is 11.7 Å². The van der Waals surface area contributed by atoms with Gasteiger partial charge in [0.25, 0.3) is 0 Å². The number of carbonyl (C=O) groups excluding carboxylic acids is 1. The van der Waals surface area contributed by atoms with Crippen molar-refractivity contribution in [2.75, 3.05) is 0 Å². The number of hydrogen-bond acceptors (Lipinski definition) is 3. The number of unbranched alkanes of at least 4 members (excludes halogenated alkanes) is 12. The van der Waals surface area contributed by atoms with Crippen LogP contribution in [0.2, 0.25) is 0 Å². The Balaban J connectivity index is 1.87. The van der Waals surface area contributed by atoms with Crippen LogP contribution in [-0.2, 0) is 4.79 Å². The molecule has 1 amide bonds. The summed E-state index contributed by atoms with van der Waals surface area (Å²) >= 11 is 0. The highest BCUT2D eigenvalue weighted by Crippen LogP contribution is 2.13. The van der Waals surface area contributed by atoms with Gasteiger partial charge in [-0.1, -0.05) is 84.0 Å². The quantitative estimate of drug-likeness (QED) is 0.202. The van der Waals surface area contributed by atoms with Crippen molar-refractivity contribution >= 4 is 12.1 Å².